The van der Waals surface area contributed by atoms with Crippen LogP contribution in [-0.2, 0) is 16.0 Å². The number of rotatable bonds is 7. The summed E-state index contributed by atoms with van der Waals surface area (Å²) in [6.45, 7) is 11.8. The second-order valence-electron chi connectivity index (χ2n) is 5.98. The van der Waals surface area contributed by atoms with Crippen molar-refractivity contribution in [3.63, 3.8) is 0 Å². The molecule has 3 atom stereocenters. The molecule has 0 unspecified atom stereocenters. The standard InChI is InChI=1S/C18H25NO3/c1-5-10-15(17-16(6-2)21-18(3,4)22-17)19(20)13-14-11-8-7-9-12-14/h5-9,11-12,15-17,20H,1-2,10,13H2,3-4H3/t15-,16-,17+/m1/s1. The second-order valence-corrected chi connectivity index (χ2v) is 5.98. The van der Waals surface area contributed by atoms with Crippen LogP contribution in [0.2, 0.25) is 0 Å². The highest BCUT2D eigenvalue weighted by atomic mass is 16.8. The summed E-state index contributed by atoms with van der Waals surface area (Å²) in [7, 11) is 0. The molecule has 1 aromatic carbocycles. The van der Waals surface area contributed by atoms with Crippen molar-refractivity contribution in [1.82, 2.24) is 5.06 Å². The van der Waals surface area contributed by atoms with E-state index in [-0.39, 0.29) is 18.2 Å². The number of benzene rings is 1. The Morgan fingerprint density at radius 3 is 2.55 bits per heavy atom. The summed E-state index contributed by atoms with van der Waals surface area (Å²) < 4.78 is 11.8. The van der Waals surface area contributed by atoms with E-state index in [2.05, 4.69) is 13.2 Å². The largest absolute Gasteiger partial charge is 0.342 e. The van der Waals surface area contributed by atoms with E-state index in [4.69, 9.17) is 9.47 Å². The van der Waals surface area contributed by atoms with Crippen molar-refractivity contribution >= 4 is 0 Å². The maximum absolute atomic E-state index is 10.6. The van der Waals surface area contributed by atoms with Gasteiger partial charge in [0, 0.05) is 6.54 Å². The van der Waals surface area contributed by atoms with Crippen LogP contribution in [0, 0.1) is 0 Å². The van der Waals surface area contributed by atoms with Crippen LogP contribution in [0.3, 0.4) is 0 Å². The van der Waals surface area contributed by atoms with E-state index >= 15 is 0 Å². The van der Waals surface area contributed by atoms with Crippen LogP contribution in [0.1, 0.15) is 25.8 Å². The molecule has 0 radical (unpaired) electrons. The minimum atomic E-state index is -0.684. The molecule has 120 valence electrons. The third-order valence-corrected chi connectivity index (χ3v) is 3.75. The number of hydrogen-bond donors (Lipinski definition) is 1. The highest BCUT2D eigenvalue weighted by molar-refractivity contribution is 5.14. The van der Waals surface area contributed by atoms with E-state index in [0.29, 0.717) is 13.0 Å². The van der Waals surface area contributed by atoms with E-state index in [1.165, 1.54) is 5.06 Å². The van der Waals surface area contributed by atoms with Crippen molar-refractivity contribution in [2.75, 3.05) is 0 Å². The van der Waals surface area contributed by atoms with Crippen LogP contribution >= 0.6 is 0 Å². The Bertz CT molecular complexity index is 500. The first-order valence-electron chi connectivity index (χ1n) is 7.55. The average Bonchev–Trinajstić information content (AvgIpc) is 2.80. The minimum absolute atomic E-state index is 0.248. The highest BCUT2D eigenvalue weighted by Gasteiger charge is 2.45. The van der Waals surface area contributed by atoms with Gasteiger partial charge in [-0.25, -0.2) is 0 Å². The molecule has 0 bridgehead atoms. The van der Waals surface area contributed by atoms with Gasteiger partial charge in [0.05, 0.1) is 6.04 Å². The first kappa shape index (κ1) is 16.9. The lowest BCUT2D eigenvalue weighted by Crippen LogP contribution is -2.45. The van der Waals surface area contributed by atoms with E-state index in [1.54, 1.807) is 12.2 Å². The fraction of sp³-hybridized carbons (Fsp3) is 0.444. The Balaban J connectivity index is 2.14. The van der Waals surface area contributed by atoms with Crippen molar-refractivity contribution in [2.45, 2.75) is 50.8 Å². The van der Waals surface area contributed by atoms with E-state index < -0.39 is 5.79 Å². The van der Waals surface area contributed by atoms with E-state index in [0.717, 1.165) is 5.56 Å². The average molecular weight is 303 g/mol. The first-order valence-corrected chi connectivity index (χ1v) is 7.55. The zero-order valence-corrected chi connectivity index (χ0v) is 13.3. The molecule has 0 aromatic heterocycles. The van der Waals surface area contributed by atoms with Crippen molar-refractivity contribution in [3.8, 4) is 0 Å². The number of ether oxygens (including phenoxy) is 2. The number of hydrogen-bond acceptors (Lipinski definition) is 4. The molecule has 1 saturated heterocycles. The van der Waals surface area contributed by atoms with Gasteiger partial charge >= 0.3 is 0 Å². The topological polar surface area (TPSA) is 41.9 Å². The predicted molar refractivity (Wildman–Crippen MR) is 86.4 cm³/mol. The molecule has 1 aromatic rings. The SMILES string of the molecule is C=CC[C@H]([C@@H]1OC(C)(C)O[C@@H]1C=C)N(O)Cc1ccccc1. The van der Waals surface area contributed by atoms with Gasteiger partial charge in [0.2, 0.25) is 0 Å². The lowest BCUT2D eigenvalue weighted by atomic mass is 10.0. The third kappa shape index (κ3) is 4.05. The summed E-state index contributed by atoms with van der Waals surface area (Å²) in [5.41, 5.74) is 1.03. The van der Waals surface area contributed by atoms with Crippen molar-refractivity contribution < 1.29 is 14.7 Å². The molecule has 4 nitrogen and oxygen atoms in total. The molecule has 0 aliphatic carbocycles. The maximum Gasteiger partial charge on any atom is 0.164 e. The highest BCUT2D eigenvalue weighted by Crippen LogP contribution is 2.33. The first-order chi connectivity index (χ1) is 10.5. The maximum atomic E-state index is 10.6. The van der Waals surface area contributed by atoms with Crippen LogP contribution < -0.4 is 0 Å². The molecule has 22 heavy (non-hydrogen) atoms. The third-order valence-electron chi connectivity index (χ3n) is 3.75. The molecule has 0 saturated carbocycles. The fourth-order valence-corrected chi connectivity index (χ4v) is 2.78. The summed E-state index contributed by atoms with van der Waals surface area (Å²) in [6.07, 6.45) is 3.56. The molecule has 0 spiro atoms. The van der Waals surface area contributed by atoms with Gasteiger partial charge in [-0.3, -0.25) is 0 Å². The smallest absolute Gasteiger partial charge is 0.164 e. The number of hydroxylamine groups is 2. The molecule has 1 N–H and O–H groups in total. The van der Waals surface area contributed by atoms with Gasteiger partial charge < -0.3 is 14.7 Å². The molecule has 1 fully saturated rings. The van der Waals surface area contributed by atoms with E-state index in [9.17, 15) is 5.21 Å². The van der Waals surface area contributed by atoms with Gasteiger partial charge in [-0.05, 0) is 25.8 Å². The summed E-state index contributed by atoms with van der Waals surface area (Å²) in [4.78, 5) is 0. The van der Waals surface area contributed by atoms with Crippen LogP contribution in [0.5, 0.6) is 0 Å². The Kier molecular flexibility index (Phi) is 5.53. The lowest BCUT2D eigenvalue weighted by Gasteiger charge is -2.31. The van der Waals surface area contributed by atoms with Gasteiger partial charge in [-0.2, -0.15) is 5.06 Å². The predicted octanol–water partition coefficient (Wildman–Crippen LogP) is 3.53. The van der Waals surface area contributed by atoms with Crippen LogP contribution in [0.25, 0.3) is 0 Å². The van der Waals surface area contributed by atoms with Gasteiger partial charge in [-0.1, -0.05) is 42.5 Å². The summed E-state index contributed by atoms with van der Waals surface area (Å²) in [5.74, 6) is -0.684. The molecule has 4 heteroatoms. The molecular weight excluding hydrogens is 278 g/mol. The van der Waals surface area contributed by atoms with Crippen LogP contribution in [-0.4, -0.2) is 34.3 Å². The zero-order valence-electron chi connectivity index (χ0n) is 13.3. The van der Waals surface area contributed by atoms with Gasteiger partial charge in [0.1, 0.15) is 12.2 Å². The minimum Gasteiger partial charge on any atom is -0.342 e. The Morgan fingerprint density at radius 1 is 1.27 bits per heavy atom. The van der Waals surface area contributed by atoms with Crippen molar-refractivity contribution in [3.05, 3.63) is 61.2 Å². The van der Waals surface area contributed by atoms with Crippen molar-refractivity contribution in [2.24, 2.45) is 0 Å². The molecule has 1 heterocycles. The van der Waals surface area contributed by atoms with Gasteiger partial charge in [0.25, 0.3) is 0 Å². The number of nitrogens with zero attached hydrogens (tertiary/aromatic N) is 1. The molecular formula is C18H25NO3. The molecule has 0 amide bonds. The van der Waals surface area contributed by atoms with Crippen LogP contribution in [0.4, 0.5) is 0 Å². The lowest BCUT2D eigenvalue weighted by molar-refractivity contribution is -0.188. The molecule has 1 aliphatic heterocycles. The Morgan fingerprint density at radius 2 is 1.95 bits per heavy atom. The van der Waals surface area contributed by atoms with Gasteiger partial charge in [-0.15, -0.1) is 13.2 Å². The normalized spacial score (nSPS) is 25.1. The Labute approximate surface area is 132 Å². The van der Waals surface area contributed by atoms with E-state index in [1.807, 2.05) is 44.2 Å². The second kappa shape index (κ2) is 7.20. The van der Waals surface area contributed by atoms with Crippen LogP contribution in [0.15, 0.2) is 55.6 Å². The van der Waals surface area contributed by atoms with Gasteiger partial charge in [0.15, 0.2) is 5.79 Å². The fourth-order valence-electron chi connectivity index (χ4n) is 2.78. The monoisotopic (exact) mass is 303 g/mol. The zero-order chi connectivity index (χ0) is 16.2. The summed E-state index contributed by atoms with van der Waals surface area (Å²) >= 11 is 0. The summed E-state index contributed by atoms with van der Waals surface area (Å²) in [6, 6.07) is 9.58. The molecule has 1 aliphatic rings. The molecule has 2 rings (SSSR count). The quantitative estimate of drug-likeness (QED) is 0.618. The van der Waals surface area contributed by atoms with Crippen molar-refractivity contribution in [1.29, 1.82) is 0 Å². The Hall–Kier alpha value is -1.46. The summed E-state index contributed by atoms with van der Waals surface area (Å²) in [5, 5.41) is 11.9.